The highest BCUT2D eigenvalue weighted by molar-refractivity contribution is 5.86. The Morgan fingerprint density at radius 3 is 2.66 bits per heavy atom. The molecule has 1 atom stereocenters. The molecule has 0 saturated heterocycles. The van der Waals surface area contributed by atoms with Gasteiger partial charge in [-0.3, -0.25) is 4.90 Å². The molecule has 5 heteroatoms. The molecule has 0 amide bonds. The van der Waals surface area contributed by atoms with Crippen LogP contribution in [0.1, 0.15) is 42.3 Å². The molecule has 1 aliphatic heterocycles. The smallest absolute Gasteiger partial charge is 0.328 e. The average Bonchev–Trinajstić information content (AvgIpc) is 3.04. The molecule has 0 spiro atoms. The zero-order chi connectivity index (χ0) is 20.6. The summed E-state index contributed by atoms with van der Waals surface area (Å²) in [5, 5.41) is 10.1. The number of nitrogens with one attached hydrogen (secondary N) is 1. The first-order chi connectivity index (χ1) is 13.8. The van der Waals surface area contributed by atoms with Crippen molar-refractivity contribution in [1.82, 2.24) is 9.88 Å². The quantitative estimate of drug-likeness (QED) is 0.604. The van der Waals surface area contributed by atoms with Crippen molar-refractivity contribution in [2.75, 3.05) is 13.1 Å². The van der Waals surface area contributed by atoms with Gasteiger partial charge in [-0.15, -0.1) is 0 Å². The number of fused-ring (bicyclic) bond motifs is 3. The summed E-state index contributed by atoms with van der Waals surface area (Å²) in [5.41, 5.74) is 4.11. The third kappa shape index (κ3) is 4.10. The molecule has 4 nitrogen and oxygen atoms in total. The monoisotopic (exact) mass is 392 g/mol. The van der Waals surface area contributed by atoms with Gasteiger partial charge in [-0.1, -0.05) is 42.5 Å². The van der Waals surface area contributed by atoms with Gasteiger partial charge in [0.15, 0.2) is 0 Å². The van der Waals surface area contributed by atoms with Crippen molar-refractivity contribution >= 4 is 22.9 Å². The van der Waals surface area contributed by atoms with E-state index in [1.807, 2.05) is 36.4 Å². The maximum Gasteiger partial charge on any atom is 0.328 e. The molecule has 29 heavy (non-hydrogen) atoms. The van der Waals surface area contributed by atoms with Crippen LogP contribution in [0, 0.1) is 0 Å². The minimum atomic E-state index is -1.30. The molecular weight excluding hydrogens is 367 g/mol. The van der Waals surface area contributed by atoms with Crippen LogP contribution in [-0.4, -0.2) is 39.7 Å². The van der Waals surface area contributed by atoms with Gasteiger partial charge >= 0.3 is 5.97 Å². The number of hydrogen-bond donors (Lipinski definition) is 2. The maximum absolute atomic E-state index is 14.6. The number of carboxylic acids is 1. The number of carbonyl (C=O) groups is 1. The minimum absolute atomic E-state index is 0.0707. The van der Waals surface area contributed by atoms with Crippen molar-refractivity contribution in [2.45, 2.75) is 32.0 Å². The normalized spacial score (nSPS) is 17.7. The number of benzene rings is 2. The molecule has 2 N–H and O–H groups in total. The van der Waals surface area contributed by atoms with Crippen LogP contribution in [0.5, 0.6) is 0 Å². The predicted molar refractivity (Wildman–Crippen MR) is 114 cm³/mol. The van der Waals surface area contributed by atoms with E-state index >= 15 is 0 Å². The van der Waals surface area contributed by atoms with Crippen molar-refractivity contribution < 1.29 is 14.3 Å². The molecule has 0 fully saturated rings. The number of H-pyrrole nitrogens is 1. The van der Waals surface area contributed by atoms with Gasteiger partial charge < -0.3 is 10.1 Å². The van der Waals surface area contributed by atoms with Gasteiger partial charge in [0.2, 0.25) is 0 Å². The fourth-order valence-electron chi connectivity index (χ4n) is 4.28. The highest BCUT2D eigenvalue weighted by Crippen LogP contribution is 2.39. The van der Waals surface area contributed by atoms with E-state index in [1.54, 1.807) is 19.9 Å². The number of aromatic nitrogens is 1. The molecule has 150 valence electrons. The number of rotatable bonds is 5. The zero-order valence-corrected chi connectivity index (χ0v) is 16.7. The molecule has 0 aliphatic carbocycles. The Labute approximate surface area is 169 Å². The zero-order valence-electron chi connectivity index (χ0n) is 16.7. The van der Waals surface area contributed by atoms with E-state index < -0.39 is 11.6 Å². The summed E-state index contributed by atoms with van der Waals surface area (Å²) in [6.45, 7) is 4.36. The second kappa shape index (κ2) is 7.48. The standard InChI is InChI=1S/C24H25FN2O2/c1-24(2,25)15-27-14-13-19-18-5-3-4-6-20(18)26-22(19)23(27)17-10-7-16(8-11-17)9-12-21(28)29/h3-12,23,26H,13-15H2,1-2H3,(H,28,29)/b12-9+/t23-/m1/s1. The number of carboxylic acid groups (broad SMARTS) is 1. The lowest BCUT2D eigenvalue weighted by Crippen LogP contribution is -2.42. The van der Waals surface area contributed by atoms with Gasteiger partial charge in [-0.2, -0.15) is 0 Å². The Kier molecular flexibility index (Phi) is 5.01. The Bertz CT molecular complexity index is 1060. The minimum Gasteiger partial charge on any atom is -0.478 e. The molecule has 1 aliphatic rings. The summed E-state index contributed by atoms with van der Waals surface area (Å²) < 4.78 is 14.6. The Morgan fingerprint density at radius 2 is 1.97 bits per heavy atom. The van der Waals surface area contributed by atoms with E-state index in [0.29, 0.717) is 6.54 Å². The number of hydrogen-bond acceptors (Lipinski definition) is 2. The molecule has 2 heterocycles. The van der Waals surface area contributed by atoms with E-state index in [4.69, 9.17) is 5.11 Å². The van der Waals surface area contributed by atoms with Gasteiger partial charge in [0.25, 0.3) is 0 Å². The molecule has 1 aromatic heterocycles. The number of nitrogens with zero attached hydrogens (tertiary/aromatic N) is 1. The summed E-state index contributed by atoms with van der Waals surface area (Å²) in [6.07, 6.45) is 3.58. The van der Waals surface area contributed by atoms with Crippen molar-refractivity contribution in [3.8, 4) is 0 Å². The van der Waals surface area contributed by atoms with E-state index in [2.05, 4.69) is 22.0 Å². The molecule has 2 aromatic carbocycles. The van der Waals surface area contributed by atoms with Gasteiger partial charge in [0, 0.05) is 35.8 Å². The van der Waals surface area contributed by atoms with E-state index in [-0.39, 0.29) is 6.04 Å². The SMILES string of the molecule is CC(C)(F)CN1CCc2c([nH]c3ccccc23)[C@H]1c1ccc(/C=C/C(=O)O)cc1. The summed E-state index contributed by atoms with van der Waals surface area (Å²) in [6, 6.07) is 16.0. The molecule has 0 bridgehead atoms. The Morgan fingerprint density at radius 1 is 1.24 bits per heavy atom. The van der Waals surface area contributed by atoms with Gasteiger partial charge in [-0.05, 0) is 49.1 Å². The van der Waals surface area contributed by atoms with Crippen LogP contribution in [0.15, 0.2) is 54.6 Å². The van der Waals surface area contributed by atoms with Crippen LogP contribution < -0.4 is 0 Å². The summed E-state index contributed by atoms with van der Waals surface area (Å²) in [7, 11) is 0. The number of aliphatic carboxylic acids is 1. The molecule has 0 radical (unpaired) electrons. The Hall–Kier alpha value is -2.92. The van der Waals surface area contributed by atoms with Crippen LogP contribution in [0.3, 0.4) is 0 Å². The van der Waals surface area contributed by atoms with Crippen LogP contribution in [0.2, 0.25) is 0 Å². The number of para-hydroxylation sites is 1. The molecule has 0 unspecified atom stereocenters. The fraction of sp³-hybridized carbons (Fsp3) is 0.292. The van der Waals surface area contributed by atoms with E-state index in [1.165, 1.54) is 10.9 Å². The van der Waals surface area contributed by atoms with E-state index in [9.17, 15) is 9.18 Å². The second-order valence-corrected chi connectivity index (χ2v) is 8.24. The Balaban J connectivity index is 1.77. The highest BCUT2D eigenvalue weighted by Gasteiger charge is 2.34. The van der Waals surface area contributed by atoms with Gasteiger partial charge in [-0.25, -0.2) is 9.18 Å². The van der Waals surface area contributed by atoms with Gasteiger partial charge in [0.1, 0.15) is 5.67 Å². The summed E-state index contributed by atoms with van der Waals surface area (Å²) in [5.74, 6) is -0.972. The largest absolute Gasteiger partial charge is 0.478 e. The molecular formula is C24H25FN2O2. The van der Waals surface area contributed by atoms with E-state index in [0.717, 1.165) is 41.4 Å². The lowest BCUT2D eigenvalue weighted by atomic mass is 9.91. The molecule has 3 aromatic rings. The highest BCUT2D eigenvalue weighted by atomic mass is 19.1. The first kappa shape index (κ1) is 19.4. The topological polar surface area (TPSA) is 56.3 Å². The fourth-order valence-corrected chi connectivity index (χ4v) is 4.28. The molecule has 4 rings (SSSR count). The predicted octanol–water partition coefficient (Wildman–Crippen LogP) is 4.96. The maximum atomic E-state index is 14.6. The lowest BCUT2D eigenvalue weighted by Gasteiger charge is -2.38. The van der Waals surface area contributed by atoms with Crippen molar-refractivity contribution in [2.24, 2.45) is 0 Å². The first-order valence-electron chi connectivity index (χ1n) is 9.85. The van der Waals surface area contributed by atoms with Crippen LogP contribution in [0.4, 0.5) is 4.39 Å². The van der Waals surface area contributed by atoms with Crippen LogP contribution in [0.25, 0.3) is 17.0 Å². The summed E-state index contributed by atoms with van der Waals surface area (Å²) >= 11 is 0. The number of alkyl halides is 1. The third-order valence-corrected chi connectivity index (χ3v) is 5.38. The van der Waals surface area contributed by atoms with Crippen molar-refractivity contribution in [3.63, 3.8) is 0 Å². The third-order valence-electron chi connectivity index (χ3n) is 5.38. The first-order valence-corrected chi connectivity index (χ1v) is 9.85. The van der Waals surface area contributed by atoms with Crippen molar-refractivity contribution in [1.29, 1.82) is 0 Å². The average molecular weight is 392 g/mol. The molecule has 0 saturated carbocycles. The van der Waals surface area contributed by atoms with Crippen LogP contribution >= 0.6 is 0 Å². The van der Waals surface area contributed by atoms with Gasteiger partial charge in [0.05, 0.1) is 6.04 Å². The second-order valence-electron chi connectivity index (χ2n) is 8.24. The number of aromatic amines is 1. The number of halogens is 1. The lowest BCUT2D eigenvalue weighted by molar-refractivity contribution is -0.131. The van der Waals surface area contributed by atoms with Crippen LogP contribution in [-0.2, 0) is 11.2 Å². The summed E-state index contributed by atoms with van der Waals surface area (Å²) in [4.78, 5) is 16.5. The van der Waals surface area contributed by atoms with Crippen molar-refractivity contribution in [3.05, 3.63) is 77.0 Å².